The molecule has 0 atom stereocenters. The molecule has 1 heteroatoms. The zero-order valence-electron chi connectivity index (χ0n) is 12.9. The predicted molar refractivity (Wildman–Crippen MR) is 96.4 cm³/mol. The predicted octanol–water partition coefficient (Wildman–Crippen LogP) is 5.10. The van der Waals surface area contributed by atoms with Crippen LogP contribution in [0.1, 0.15) is 16.7 Å². The van der Waals surface area contributed by atoms with Crippen molar-refractivity contribution in [2.24, 2.45) is 0 Å². The van der Waals surface area contributed by atoms with Crippen molar-refractivity contribution in [2.75, 3.05) is 0 Å². The van der Waals surface area contributed by atoms with Gasteiger partial charge in [-0.2, -0.15) is 0 Å². The molecule has 4 aromatic rings. The van der Waals surface area contributed by atoms with Crippen LogP contribution >= 0.6 is 0 Å². The lowest BCUT2D eigenvalue weighted by Crippen LogP contribution is -1.88. The highest BCUT2D eigenvalue weighted by Gasteiger charge is 2.05. The van der Waals surface area contributed by atoms with Gasteiger partial charge in [0.2, 0.25) is 0 Å². The lowest BCUT2D eigenvalue weighted by molar-refractivity contribution is 1.45. The molecule has 1 heterocycles. The van der Waals surface area contributed by atoms with E-state index in [9.17, 15) is 0 Å². The molecule has 0 bridgehead atoms. The van der Waals surface area contributed by atoms with E-state index >= 15 is 0 Å². The van der Waals surface area contributed by atoms with Gasteiger partial charge in [-0.15, -0.1) is 0 Å². The Morgan fingerprint density at radius 2 is 1.35 bits per heavy atom. The molecule has 0 aliphatic heterocycles. The highest BCUT2D eigenvalue weighted by atomic mass is 14.7. The van der Waals surface area contributed by atoms with Crippen molar-refractivity contribution in [1.29, 1.82) is 0 Å². The lowest BCUT2D eigenvalue weighted by atomic mass is 10.0. The lowest BCUT2D eigenvalue weighted by Gasteiger charge is -2.07. The van der Waals surface area contributed by atoms with Crippen molar-refractivity contribution < 1.29 is 0 Å². The second kappa shape index (κ2) is 5.59. The van der Waals surface area contributed by atoms with Crippen LogP contribution in [0.15, 0.2) is 72.8 Å². The van der Waals surface area contributed by atoms with Gasteiger partial charge in [-0.3, -0.25) is 0 Å². The Balaban J connectivity index is 1.86. The summed E-state index contributed by atoms with van der Waals surface area (Å²) in [4.78, 5) is 4.75. The molecule has 0 unspecified atom stereocenters. The van der Waals surface area contributed by atoms with E-state index in [1.165, 1.54) is 16.3 Å². The molecule has 0 amide bonds. The zero-order valence-corrected chi connectivity index (χ0v) is 12.9. The number of hydrogen-bond donors (Lipinski definition) is 0. The number of hydrogen-bond acceptors (Lipinski definition) is 1. The van der Waals surface area contributed by atoms with E-state index in [-0.39, 0.29) is 0 Å². The third-order valence-corrected chi connectivity index (χ3v) is 4.07. The van der Waals surface area contributed by atoms with E-state index in [4.69, 9.17) is 4.98 Å². The summed E-state index contributed by atoms with van der Waals surface area (Å²) in [5.74, 6) is 6.46. The minimum Gasteiger partial charge on any atom is -0.248 e. The highest BCUT2D eigenvalue weighted by molar-refractivity contribution is 5.97. The number of aromatic nitrogens is 1. The second-order valence-corrected chi connectivity index (χ2v) is 5.60. The molecule has 0 aliphatic rings. The molecule has 108 valence electrons. The minimum atomic E-state index is 1.02. The molecule has 3 aromatic carbocycles. The molecule has 1 aromatic heterocycles. The van der Waals surface area contributed by atoms with E-state index in [2.05, 4.69) is 49.1 Å². The first-order valence-electron chi connectivity index (χ1n) is 7.67. The van der Waals surface area contributed by atoms with Crippen LogP contribution in [0, 0.1) is 18.8 Å². The van der Waals surface area contributed by atoms with E-state index < -0.39 is 0 Å². The maximum Gasteiger partial charge on any atom is 0.0713 e. The van der Waals surface area contributed by atoms with Crippen LogP contribution in [0.2, 0.25) is 0 Å². The summed E-state index contributed by atoms with van der Waals surface area (Å²) in [7, 11) is 0. The third-order valence-electron chi connectivity index (χ3n) is 4.07. The molecule has 0 saturated heterocycles. The summed E-state index contributed by atoms with van der Waals surface area (Å²) in [5.41, 5.74) is 5.36. The highest BCUT2D eigenvalue weighted by Crippen LogP contribution is 2.25. The molecule has 0 N–H and O–H groups in total. The van der Waals surface area contributed by atoms with Crippen LogP contribution in [0.25, 0.3) is 21.8 Å². The van der Waals surface area contributed by atoms with Gasteiger partial charge in [0.25, 0.3) is 0 Å². The SMILES string of the molecule is Cc1c2ccccc2nc2ccc(C#Cc3ccccc3)cc12. The Morgan fingerprint density at radius 1 is 0.652 bits per heavy atom. The third kappa shape index (κ3) is 2.56. The summed E-state index contributed by atoms with van der Waals surface area (Å²) in [6.45, 7) is 2.15. The summed E-state index contributed by atoms with van der Waals surface area (Å²) < 4.78 is 0. The van der Waals surface area contributed by atoms with E-state index in [0.717, 1.165) is 22.2 Å². The summed E-state index contributed by atoms with van der Waals surface area (Å²) in [6, 6.07) is 24.6. The molecule has 4 rings (SSSR count). The van der Waals surface area contributed by atoms with Gasteiger partial charge in [0.15, 0.2) is 0 Å². The number of rotatable bonds is 0. The van der Waals surface area contributed by atoms with Gasteiger partial charge >= 0.3 is 0 Å². The van der Waals surface area contributed by atoms with Crippen molar-refractivity contribution in [1.82, 2.24) is 4.98 Å². The smallest absolute Gasteiger partial charge is 0.0713 e. The first-order valence-corrected chi connectivity index (χ1v) is 7.67. The first kappa shape index (κ1) is 13.5. The topological polar surface area (TPSA) is 12.9 Å². The van der Waals surface area contributed by atoms with E-state index in [1.807, 2.05) is 42.5 Å². The average molecular weight is 293 g/mol. The number of para-hydroxylation sites is 1. The quantitative estimate of drug-likeness (QED) is 0.325. The number of aryl methyl sites for hydroxylation is 1. The van der Waals surface area contributed by atoms with Crippen LogP contribution in [-0.2, 0) is 0 Å². The molecule has 0 saturated carbocycles. The summed E-state index contributed by atoms with van der Waals surface area (Å²) in [5, 5.41) is 2.37. The maximum atomic E-state index is 4.75. The Morgan fingerprint density at radius 3 is 2.22 bits per heavy atom. The largest absolute Gasteiger partial charge is 0.248 e. The first-order chi connectivity index (χ1) is 11.3. The average Bonchev–Trinajstić information content (AvgIpc) is 2.61. The number of benzene rings is 3. The molecule has 0 aliphatic carbocycles. The molecule has 0 fully saturated rings. The van der Waals surface area contributed by atoms with Crippen LogP contribution in [0.4, 0.5) is 0 Å². The molecular formula is C22H15N. The normalized spacial score (nSPS) is 10.5. The Bertz CT molecular complexity index is 1070. The van der Waals surface area contributed by atoms with E-state index in [0.29, 0.717) is 0 Å². The molecular weight excluding hydrogens is 278 g/mol. The van der Waals surface area contributed by atoms with Gasteiger partial charge in [-0.1, -0.05) is 48.2 Å². The minimum absolute atomic E-state index is 1.02. The fraction of sp³-hybridized carbons (Fsp3) is 0.0455. The van der Waals surface area contributed by atoms with Crippen molar-refractivity contribution >= 4 is 21.8 Å². The van der Waals surface area contributed by atoms with Gasteiger partial charge in [0.05, 0.1) is 11.0 Å². The summed E-state index contributed by atoms with van der Waals surface area (Å²) in [6.07, 6.45) is 0. The van der Waals surface area contributed by atoms with E-state index in [1.54, 1.807) is 0 Å². The van der Waals surface area contributed by atoms with Crippen molar-refractivity contribution in [3.63, 3.8) is 0 Å². The molecule has 1 nitrogen and oxygen atoms in total. The Kier molecular flexibility index (Phi) is 3.29. The van der Waals surface area contributed by atoms with Gasteiger partial charge < -0.3 is 0 Å². The maximum absolute atomic E-state index is 4.75. The molecule has 0 spiro atoms. The standard InChI is InChI=1S/C22H15N/c1-16-19-9-5-6-10-21(19)23-22-14-13-18(15-20(16)22)12-11-17-7-3-2-4-8-17/h2-10,13-15H,1H3. The molecule has 0 radical (unpaired) electrons. The monoisotopic (exact) mass is 293 g/mol. The van der Waals surface area contributed by atoms with Gasteiger partial charge in [0.1, 0.15) is 0 Å². The van der Waals surface area contributed by atoms with Crippen LogP contribution in [-0.4, -0.2) is 4.98 Å². The number of nitrogens with zero attached hydrogens (tertiary/aromatic N) is 1. The van der Waals surface area contributed by atoms with Crippen LogP contribution < -0.4 is 0 Å². The number of pyridine rings is 1. The van der Waals surface area contributed by atoms with Crippen molar-refractivity contribution in [2.45, 2.75) is 6.92 Å². The van der Waals surface area contributed by atoms with Crippen molar-refractivity contribution in [3.8, 4) is 11.8 Å². The van der Waals surface area contributed by atoms with Gasteiger partial charge in [0, 0.05) is 21.9 Å². The van der Waals surface area contributed by atoms with Crippen molar-refractivity contribution in [3.05, 3.63) is 89.5 Å². The van der Waals surface area contributed by atoms with Crippen LogP contribution in [0.3, 0.4) is 0 Å². The fourth-order valence-corrected chi connectivity index (χ4v) is 2.84. The van der Waals surface area contributed by atoms with Crippen LogP contribution in [0.5, 0.6) is 0 Å². The van der Waals surface area contributed by atoms with Gasteiger partial charge in [-0.25, -0.2) is 4.98 Å². The van der Waals surface area contributed by atoms with Gasteiger partial charge in [-0.05, 0) is 48.9 Å². The molecule has 23 heavy (non-hydrogen) atoms. The number of fused-ring (bicyclic) bond motifs is 2. The summed E-state index contributed by atoms with van der Waals surface area (Å²) >= 11 is 0. The Labute approximate surface area is 135 Å². The zero-order chi connectivity index (χ0) is 15.6. The Hall–Kier alpha value is -3.11. The second-order valence-electron chi connectivity index (χ2n) is 5.60. The fourth-order valence-electron chi connectivity index (χ4n) is 2.84.